The van der Waals surface area contributed by atoms with Gasteiger partial charge in [0.05, 0.1) is 55.4 Å². The van der Waals surface area contributed by atoms with E-state index >= 15 is 0 Å². The van der Waals surface area contributed by atoms with Crippen LogP contribution in [0.5, 0.6) is 0 Å². The average molecular weight is 1270 g/mol. The second-order valence-corrected chi connectivity index (χ2v) is 27.9. The molecule has 0 radical (unpaired) electrons. The van der Waals surface area contributed by atoms with Gasteiger partial charge in [-0.05, 0) is 119 Å². The van der Waals surface area contributed by atoms with Crippen molar-refractivity contribution in [3.05, 3.63) is 11.6 Å². The predicted octanol–water partition coefficient (Wildman–Crippen LogP) is -6.21. The fourth-order valence-electron chi connectivity index (χ4n) is 16.1. The SMILES string of the molecule is CC(C)C[C@@H]1OC1[C@](C)(O)[C@H]1CCC2C3C[C@H](OC4OC(C)C(O)C(OC5OCC(OC6OC(CO)C(O)C(O)C6OC6OC(C)C(O)C(O)C6O)C(O)C5OC5OC(C)C(O)C(O)C5O)C4O)C4C[C@@H](OS(=O)(=O)[O-])CC[C@]4(C)C3=CC[C@@]21C.[Na+]. The van der Waals surface area contributed by atoms with Gasteiger partial charge >= 0.3 is 29.6 Å². The van der Waals surface area contributed by atoms with E-state index in [0.717, 1.165) is 19.3 Å². The van der Waals surface area contributed by atoms with Crippen LogP contribution in [0.3, 0.4) is 0 Å². The molecule has 490 valence electrons. The first-order chi connectivity index (χ1) is 39.8. The van der Waals surface area contributed by atoms with Gasteiger partial charge in [-0.25, -0.2) is 8.42 Å². The zero-order valence-electron chi connectivity index (χ0n) is 50.0. The molecule has 6 saturated heterocycles. The zero-order valence-corrected chi connectivity index (χ0v) is 52.9. The number of allylic oxidation sites excluding steroid dienone is 2. The van der Waals surface area contributed by atoms with Crippen LogP contribution in [0.25, 0.3) is 0 Å². The van der Waals surface area contributed by atoms with Crippen LogP contribution >= 0.6 is 0 Å². The molecule has 0 spiro atoms. The Morgan fingerprint density at radius 1 is 0.628 bits per heavy atom. The number of ether oxygens (including phenoxy) is 11. The third kappa shape index (κ3) is 13.4. The molecule has 13 N–H and O–H groups in total. The maximum atomic E-state index is 12.4. The normalized spacial score (nSPS) is 53.1. The van der Waals surface area contributed by atoms with Crippen LogP contribution in [0.1, 0.15) is 107 Å². The van der Waals surface area contributed by atoms with E-state index in [1.54, 1.807) is 0 Å². The van der Waals surface area contributed by atoms with Crippen LogP contribution < -0.4 is 29.6 Å². The maximum Gasteiger partial charge on any atom is 1.00 e. The van der Waals surface area contributed by atoms with Gasteiger partial charge in [-0.3, -0.25) is 4.18 Å². The molecule has 0 aromatic carbocycles. The number of hydrogen-bond donors (Lipinski definition) is 13. The van der Waals surface area contributed by atoms with E-state index in [1.165, 1.54) is 26.3 Å². The van der Waals surface area contributed by atoms with Crippen LogP contribution in [0.2, 0.25) is 0 Å². The van der Waals surface area contributed by atoms with Gasteiger partial charge in [0.1, 0.15) is 104 Å². The number of epoxide rings is 1. The smallest absolute Gasteiger partial charge is 0.726 e. The minimum Gasteiger partial charge on any atom is -0.726 e. The molecule has 0 bridgehead atoms. The van der Waals surface area contributed by atoms with Crippen LogP contribution in [0.4, 0.5) is 0 Å². The topological polar surface area (TPSA) is 434 Å². The van der Waals surface area contributed by atoms with E-state index in [9.17, 15) is 79.4 Å². The number of fused-ring (bicyclic) bond motifs is 5. The van der Waals surface area contributed by atoms with Gasteiger partial charge in [-0.15, -0.1) is 0 Å². The fraction of sp³-hybridized carbons (Fsp3) is 0.964. The van der Waals surface area contributed by atoms with Crippen molar-refractivity contribution < 1.29 is 165 Å². The average Bonchev–Trinajstić information content (AvgIpc) is 1.38. The summed E-state index contributed by atoms with van der Waals surface area (Å²) in [6.45, 7) is 13.2. The molecule has 30 heteroatoms. The number of rotatable bonds is 17. The predicted molar refractivity (Wildman–Crippen MR) is 283 cm³/mol. The first-order valence-electron chi connectivity index (χ1n) is 30.1. The Kier molecular flexibility index (Phi) is 21.8. The summed E-state index contributed by atoms with van der Waals surface area (Å²) < 4.78 is 109. The Bertz CT molecular complexity index is 2430. The zero-order chi connectivity index (χ0) is 61.9. The van der Waals surface area contributed by atoms with Crippen LogP contribution in [-0.2, 0) is 66.7 Å². The van der Waals surface area contributed by atoms with Crippen molar-refractivity contribution in [2.75, 3.05) is 13.2 Å². The van der Waals surface area contributed by atoms with E-state index in [4.69, 9.17) is 56.3 Å². The molecule has 6 heterocycles. The first-order valence-corrected chi connectivity index (χ1v) is 31.5. The molecule has 4 aliphatic carbocycles. The van der Waals surface area contributed by atoms with Crippen LogP contribution in [0.15, 0.2) is 11.6 Å². The summed E-state index contributed by atoms with van der Waals surface area (Å²) in [6, 6.07) is 0. The third-order valence-corrected chi connectivity index (χ3v) is 21.4. The Labute approximate surface area is 522 Å². The molecular weight excluding hydrogens is 1180 g/mol. The summed E-state index contributed by atoms with van der Waals surface area (Å²) in [5, 5.41) is 146. The van der Waals surface area contributed by atoms with Crippen LogP contribution in [0, 0.1) is 40.4 Å². The summed E-state index contributed by atoms with van der Waals surface area (Å²) in [5.41, 5.74) is -0.946. The van der Waals surface area contributed by atoms with E-state index in [1.807, 2.05) is 6.92 Å². The van der Waals surface area contributed by atoms with E-state index in [0.29, 0.717) is 25.2 Å². The molecule has 0 amide bonds. The fourth-order valence-corrected chi connectivity index (χ4v) is 16.7. The standard InChI is InChI=1S/C56H92O28S.Na/c1-20(2)15-30-48(77-30)56(8,69)33-10-9-26-25-17-29(28-16-24(84-85(70,71)72)11-13-54(28,6)27(25)12-14-55(26,33)7)78-51-44(68)45(36(60)23(5)76-51)81-52-46(82-49-42(66)39(63)34(58)21(3)74-49)38(62)32(19-73-52)80-53-47(41(65)37(61)31(18-57)79-53)83-50-43(67)40(64)35(59)22(4)75-50;/h12,20-26,28-53,57-69H,9-11,13-19H2,1-8H3,(H,70,71,72);/q;+1/p-1/t21?,22?,23?,24-,25?,26?,28?,29-,30-,31?,32?,33-,34?,35?,36?,37?,38?,39?,40?,41?,42?,43?,44?,45?,46?,47?,48?,49?,50?,51?,52?,53?,54+,55-,56+;/m0./s1. The van der Waals surface area contributed by atoms with Crippen LogP contribution in [-0.4, -0.2) is 270 Å². The van der Waals surface area contributed by atoms with Crippen molar-refractivity contribution in [1.29, 1.82) is 0 Å². The molecule has 9 fully saturated rings. The van der Waals surface area contributed by atoms with E-state index in [2.05, 4.69) is 33.8 Å². The van der Waals surface area contributed by atoms with Gasteiger partial charge < -0.3 is 123 Å². The Morgan fingerprint density at radius 2 is 1.19 bits per heavy atom. The number of hydrogen-bond acceptors (Lipinski definition) is 28. The molecule has 10 aliphatic rings. The summed E-state index contributed by atoms with van der Waals surface area (Å²) in [5.74, 6) is -0.288. The summed E-state index contributed by atoms with van der Waals surface area (Å²) in [6.07, 6.45) is -36.6. The largest absolute Gasteiger partial charge is 1.00 e. The number of aliphatic hydroxyl groups excluding tert-OH is 12. The summed E-state index contributed by atoms with van der Waals surface area (Å²) in [7, 11) is -5.12. The van der Waals surface area contributed by atoms with E-state index < -0.39 is 200 Å². The minimum atomic E-state index is -5.12. The second-order valence-electron chi connectivity index (χ2n) is 26.9. The van der Waals surface area contributed by atoms with Crippen molar-refractivity contribution in [3.8, 4) is 0 Å². The Balaban J connectivity index is 0.00000884. The number of aliphatic hydroxyl groups is 13. The molecule has 35 atom stereocenters. The summed E-state index contributed by atoms with van der Waals surface area (Å²) >= 11 is 0. The van der Waals surface area contributed by atoms with Gasteiger partial charge in [0.15, 0.2) is 31.5 Å². The molecule has 28 nitrogen and oxygen atoms in total. The minimum absolute atomic E-state index is 0. The quantitative estimate of drug-likeness (QED) is 0.0212. The van der Waals surface area contributed by atoms with Gasteiger partial charge in [0.2, 0.25) is 10.4 Å². The molecule has 86 heavy (non-hydrogen) atoms. The maximum absolute atomic E-state index is 12.4. The van der Waals surface area contributed by atoms with E-state index in [-0.39, 0.29) is 77.8 Å². The Morgan fingerprint density at radius 3 is 1.77 bits per heavy atom. The monoisotopic (exact) mass is 1270 g/mol. The molecular formula is C56H91NaO28S. The molecule has 28 unspecified atom stereocenters. The van der Waals surface area contributed by atoms with Crippen molar-refractivity contribution in [2.45, 2.75) is 284 Å². The molecule has 10 rings (SSSR count). The third-order valence-electron chi connectivity index (χ3n) is 20.9. The molecule has 0 aromatic heterocycles. The Hall–Kier alpha value is -0.350. The second kappa shape index (κ2) is 26.8. The van der Waals surface area contributed by atoms with Crippen molar-refractivity contribution in [1.82, 2.24) is 0 Å². The molecule has 6 aliphatic heterocycles. The molecule has 3 saturated carbocycles. The van der Waals surface area contributed by atoms with Crippen molar-refractivity contribution >= 4 is 10.4 Å². The van der Waals surface area contributed by atoms with Gasteiger partial charge in [0.25, 0.3) is 0 Å². The van der Waals surface area contributed by atoms with Gasteiger partial charge in [-0.1, -0.05) is 39.3 Å². The van der Waals surface area contributed by atoms with Gasteiger partial charge in [0, 0.05) is 0 Å². The summed E-state index contributed by atoms with van der Waals surface area (Å²) in [4.78, 5) is 0. The van der Waals surface area contributed by atoms with Crippen molar-refractivity contribution in [2.24, 2.45) is 40.4 Å². The van der Waals surface area contributed by atoms with Crippen molar-refractivity contribution in [3.63, 3.8) is 0 Å². The van der Waals surface area contributed by atoms with Gasteiger partial charge in [-0.2, -0.15) is 0 Å². The first kappa shape index (κ1) is 70.0. The molecule has 0 aromatic rings.